The lowest BCUT2D eigenvalue weighted by Crippen LogP contribution is -2.50. The Labute approximate surface area is 86.1 Å². The maximum atomic E-state index is 4.37. The van der Waals surface area contributed by atoms with Crippen LogP contribution < -0.4 is 0 Å². The molecule has 1 fully saturated rings. The highest BCUT2D eigenvalue weighted by atomic mass is 15.3. The number of amidine groups is 1. The van der Waals surface area contributed by atoms with E-state index in [4.69, 9.17) is 0 Å². The molecule has 0 N–H and O–H groups in total. The second kappa shape index (κ2) is 4.13. The topological polar surface area (TPSA) is 18.8 Å². The third-order valence-corrected chi connectivity index (χ3v) is 3.04. The van der Waals surface area contributed by atoms with Crippen LogP contribution in [0.15, 0.2) is 17.3 Å². The molecule has 2 heterocycles. The Morgan fingerprint density at radius 3 is 2.43 bits per heavy atom. The summed E-state index contributed by atoms with van der Waals surface area (Å²) in [5.41, 5.74) is 0. The molecule has 2 rings (SSSR count). The van der Waals surface area contributed by atoms with Crippen LogP contribution in [0.2, 0.25) is 0 Å². The summed E-state index contributed by atoms with van der Waals surface area (Å²) in [7, 11) is 0. The summed E-state index contributed by atoms with van der Waals surface area (Å²) in [5.74, 6) is 1.26. The third-order valence-electron chi connectivity index (χ3n) is 3.04. The van der Waals surface area contributed by atoms with Crippen molar-refractivity contribution in [3.63, 3.8) is 0 Å². The van der Waals surface area contributed by atoms with Gasteiger partial charge >= 0.3 is 0 Å². The first-order valence-corrected chi connectivity index (χ1v) is 5.48. The van der Waals surface area contributed by atoms with Crippen LogP contribution in [0.4, 0.5) is 0 Å². The van der Waals surface area contributed by atoms with E-state index in [-0.39, 0.29) is 0 Å². The van der Waals surface area contributed by atoms with Crippen molar-refractivity contribution >= 4 is 5.84 Å². The average molecular weight is 193 g/mol. The maximum absolute atomic E-state index is 4.37. The number of aliphatic imine (C=N–C) groups is 1. The number of hydrogen-bond acceptors (Lipinski definition) is 3. The molecule has 0 bridgehead atoms. The molecule has 3 nitrogen and oxygen atoms in total. The first-order chi connectivity index (χ1) is 6.77. The predicted octanol–water partition coefficient (Wildman–Crippen LogP) is 1.33. The zero-order valence-corrected chi connectivity index (χ0v) is 9.11. The Hall–Kier alpha value is -0.830. The summed E-state index contributed by atoms with van der Waals surface area (Å²) < 4.78 is 0. The average Bonchev–Trinajstić information content (AvgIpc) is 2.71. The van der Waals surface area contributed by atoms with Crippen LogP contribution in [0.25, 0.3) is 0 Å². The quantitative estimate of drug-likeness (QED) is 0.625. The van der Waals surface area contributed by atoms with Gasteiger partial charge in [0, 0.05) is 44.8 Å². The fraction of sp³-hybridized carbons (Fsp3) is 0.727. The van der Waals surface area contributed by atoms with Gasteiger partial charge in [0.15, 0.2) is 0 Å². The van der Waals surface area contributed by atoms with Gasteiger partial charge in [0.1, 0.15) is 5.84 Å². The van der Waals surface area contributed by atoms with Crippen LogP contribution in [-0.4, -0.2) is 47.9 Å². The number of hydrogen-bond donors (Lipinski definition) is 0. The van der Waals surface area contributed by atoms with E-state index in [1.165, 1.54) is 18.9 Å². The van der Waals surface area contributed by atoms with Gasteiger partial charge in [0.2, 0.25) is 0 Å². The lowest BCUT2D eigenvalue weighted by Gasteiger charge is -2.37. The molecule has 0 radical (unpaired) electrons. The molecule has 3 heteroatoms. The second-order valence-corrected chi connectivity index (χ2v) is 4.25. The molecular formula is C11H19N3. The van der Waals surface area contributed by atoms with Gasteiger partial charge in [0.25, 0.3) is 0 Å². The minimum atomic E-state index is 0.681. The molecule has 0 aromatic heterocycles. The molecule has 0 unspecified atom stereocenters. The van der Waals surface area contributed by atoms with Crippen LogP contribution >= 0.6 is 0 Å². The van der Waals surface area contributed by atoms with Crippen LogP contribution in [0.3, 0.4) is 0 Å². The SMILES string of the molecule is CC(C)N1CCN(C2=NC=CC2)CC1. The highest BCUT2D eigenvalue weighted by Crippen LogP contribution is 2.11. The van der Waals surface area contributed by atoms with Crippen molar-refractivity contribution in [2.75, 3.05) is 26.2 Å². The van der Waals surface area contributed by atoms with E-state index in [9.17, 15) is 0 Å². The van der Waals surface area contributed by atoms with E-state index in [0.29, 0.717) is 6.04 Å². The molecule has 0 amide bonds. The normalized spacial score (nSPS) is 23.4. The van der Waals surface area contributed by atoms with Gasteiger partial charge in [-0.1, -0.05) is 6.08 Å². The Balaban J connectivity index is 1.84. The lowest BCUT2D eigenvalue weighted by atomic mass is 10.2. The van der Waals surface area contributed by atoms with E-state index in [1.807, 2.05) is 6.20 Å². The van der Waals surface area contributed by atoms with Crippen LogP contribution in [0, 0.1) is 0 Å². The largest absolute Gasteiger partial charge is 0.357 e. The van der Waals surface area contributed by atoms with Crippen molar-refractivity contribution in [1.82, 2.24) is 9.80 Å². The first-order valence-electron chi connectivity index (χ1n) is 5.48. The van der Waals surface area contributed by atoms with Crippen molar-refractivity contribution in [2.45, 2.75) is 26.3 Å². The predicted molar refractivity (Wildman–Crippen MR) is 59.5 cm³/mol. The minimum Gasteiger partial charge on any atom is -0.357 e. The first kappa shape index (κ1) is 9.71. The van der Waals surface area contributed by atoms with Crippen molar-refractivity contribution in [1.29, 1.82) is 0 Å². The summed E-state index contributed by atoms with van der Waals surface area (Å²) in [6.07, 6.45) is 5.08. The highest BCUT2D eigenvalue weighted by Gasteiger charge is 2.21. The van der Waals surface area contributed by atoms with Crippen molar-refractivity contribution in [3.05, 3.63) is 12.3 Å². The Kier molecular flexibility index (Phi) is 2.87. The number of nitrogens with zero attached hydrogens (tertiary/aromatic N) is 3. The summed E-state index contributed by atoms with van der Waals surface area (Å²) >= 11 is 0. The summed E-state index contributed by atoms with van der Waals surface area (Å²) in [5, 5.41) is 0. The summed E-state index contributed by atoms with van der Waals surface area (Å²) in [4.78, 5) is 9.32. The van der Waals surface area contributed by atoms with Crippen LogP contribution in [-0.2, 0) is 0 Å². The molecule has 0 saturated carbocycles. The van der Waals surface area contributed by atoms with E-state index >= 15 is 0 Å². The minimum absolute atomic E-state index is 0.681. The van der Waals surface area contributed by atoms with E-state index in [2.05, 4.69) is 34.7 Å². The molecule has 0 aliphatic carbocycles. The van der Waals surface area contributed by atoms with E-state index < -0.39 is 0 Å². The molecular weight excluding hydrogens is 174 g/mol. The second-order valence-electron chi connectivity index (χ2n) is 4.25. The van der Waals surface area contributed by atoms with Crippen LogP contribution in [0.5, 0.6) is 0 Å². The van der Waals surface area contributed by atoms with Gasteiger partial charge in [-0.25, -0.2) is 4.99 Å². The van der Waals surface area contributed by atoms with Gasteiger partial charge in [0.05, 0.1) is 0 Å². The van der Waals surface area contributed by atoms with Crippen molar-refractivity contribution < 1.29 is 0 Å². The fourth-order valence-corrected chi connectivity index (χ4v) is 2.06. The molecule has 1 saturated heterocycles. The molecule has 0 spiro atoms. The molecule has 2 aliphatic heterocycles. The zero-order chi connectivity index (χ0) is 9.97. The van der Waals surface area contributed by atoms with Gasteiger partial charge < -0.3 is 4.90 Å². The zero-order valence-electron chi connectivity index (χ0n) is 9.11. The molecule has 0 aromatic carbocycles. The number of piperazine rings is 1. The summed E-state index contributed by atoms with van der Waals surface area (Å²) in [6, 6.07) is 0.681. The van der Waals surface area contributed by atoms with Gasteiger partial charge in [-0.15, -0.1) is 0 Å². The van der Waals surface area contributed by atoms with Crippen molar-refractivity contribution in [3.8, 4) is 0 Å². The molecule has 0 aromatic rings. The van der Waals surface area contributed by atoms with E-state index in [1.54, 1.807) is 0 Å². The molecule has 78 valence electrons. The molecule has 2 aliphatic rings. The Morgan fingerprint density at radius 2 is 1.93 bits per heavy atom. The third kappa shape index (κ3) is 1.98. The van der Waals surface area contributed by atoms with Crippen molar-refractivity contribution in [2.24, 2.45) is 4.99 Å². The smallest absolute Gasteiger partial charge is 0.108 e. The van der Waals surface area contributed by atoms with Gasteiger partial charge in [-0.2, -0.15) is 0 Å². The fourth-order valence-electron chi connectivity index (χ4n) is 2.06. The standard InChI is InChI=1S/C11H19N3/c1-10(2)13-6-8-14(9-7-13)11-4-3-5-12-11/h3,5,10H,4,6-9H2,1-2H3. The number of rotatable bonds is 1. The van der Waals surface area contributed by atoms with Crippen LogP contribution in [0.1, 0.15) is 20.3 Å². The van der Waals surface area contributed by atoms with Gasteiger partial charge in [-0.3, -0.25) is 4.90 Å². The highest BCUT2D eigenvalue weighted by molar-refractivity contribution is 5.86. The Morgan fingerprint density at radius 1 is 1.21 bits per heavy atom. The van der Waals surface area contributed by atoms with E-state index in [0.717, 1.165) is 19.5 Å². The lowest BCUT2D eigenvalue weighted by molar-refractivity contribution is 0.148. The monoisotopic (exact) mass is 193 g/mol. The van der Waals surface area contributed by atoms with Gasteiger partial charge in [-0.05, 0) is 13.8 Å². The maximum Gasteiger partial charge on any atom is 0.108 e. The molecule has 14 heavy (non-hydrogen) atoms. The molecule has 0 atom stereocenters. The summed E-state index contributed by atoms with van der Waals surface area (Å²) in [6.45, 7) is 9.17. The Bertz CT molecular complexity index is 247.